The Morgan fingerprint density at radius 3 is 2.66 bits per heavy atom. The van der Waals surface area contributed by atoms with Gasteiger partial charge in [0.05, 0.1) is 17.3 Å². The smallest absolute Gasteiger partial charge is 0.223 e. The first-order valence-electron chi connectivity index (χ1n) is 11.7. The minimum Gasteiger partial charge on any atom is -0.383 e. The summed E-state index contributed by atoms with van der Waals surface area (Å²) in [5.74, 6) is 1.48. The van der Waals surface area contributed by atoms with E-state index in [1.54, 1.807) is 19.5 Å². The second-order valence-electron chi connectivity index (χ2n) is 9.70. The van der Waals surface area contributed by atoms with Gasteiger partial charge in [-0.05, 0) is 63.0 Å². The number of aromatic nitrogens is 3. The van der Waals surface area contributed by atoms with Crippen LogP contribution < -0.4 is 16.0 Å². The van der Waals surface area contributed by atoms with E-state index >= 15 is 0 Å². The van der Waals surface area contributed by atoms with E-state index in [9.17, 15) is 0 Å². The number of nitrogens with one attached hydrogen (secondary N) is 3. The maximum atomic E-state index is 6.49. The van der Waals surface area contributed by atoms with Crippen LogP contribution >= 0.6 is 11.6 Å². The molecular formula is C24H35ClN6O. The van der Waals surface area contributed by atoms with Crippen molar-refractivity contribution in [3.63, 3.8) is 0 Å². The number of hydrogen-bond acceptors (Lipinski definition) is 7. The van der Waals surface area contributed by atoms with Gasteiger partial charge < -0.3 is 20.7 Å². The van der Waals surface area contributed by atoms with Gasteiger partial charge in [-0.3, -0.25) is 0 Å². The van der Waals surface area contributed by atoms with Crippen molar-refractivity contribution in [2.45, 2.75) is 70.5 Å². The highest BCUT2D eigenvalue weighted by atomic mass is 35.5. The molecule has 0 saturated heterocycles. The van der Waals surface area contributed by atoms with E-state index in [-0.39, 0.29) is 0 Å². The molecule has 1 unspecified atom stereocenters. The molecule has 0 amide bonds. The minimum absolute atomic E-state index is 0.384. The lowest BCUT2D eigenvalue weighted by molar-refractivity contribution is 0.161. The van der Waals surface area contributed by atoms with Crippen LogP contribution in [0.5, 0.6) is 0 Å². The van der Waals surface area contributed by atoms with Crippen molar-refractivity contribution in [2.24, 2.45) is 5.41 Å². The molecule has 2 aliphatic rings. The number of rotatable bonds is 10. The summed E-state index contributed by atoms with van der Waals surface area (Å²) in [7, 11) is 1.75. The zero-order valence-corrected chi connectivity index (χ0v) is 20.1. The molecule has 2 heterocycles. The first kappa shape index (κ1) is 23.2. The summed E-state index contributed by atoms with van der Waals surface area (Å²) in [6.07, 6.45) is 10.5. The first-order chi connectivity index (χ1) is 15.4. The molecule has 2 aliphatic carbocycles. The normalized spacial score (nSPS) is 22.9. The molecular weight excluding hydrogens is 424 g/mol. The van der Waals surface area contributed by atoms with Crippen molar-refractivity contribution in [1.29, 1.82) is 0 Å². The predicted octanol–water partition coefficient (Wildman–Crippen LogP) is 4.75. The highest BCUT2D eigenvalue weighted by Crippen LogP contribution is 2.44. The Morgan fingerprint density at radius 2 is 1.94 bits per heavy atom. The van der Waals surface area contributed by atoms with Gasteiger partial charge in [0.15, 0.2) is 0 Å². The Balaban J connectivity index is 1.36. The predicted molar refractivity (Wildman–Crippen MR) is 130 cm³/mol. The number of hydrogen-bond donors (Lipinski definition) is 3. The highest BCUT2D eigenvalue weighted by Gasteiger charge is 2.37. The van der Waals surface area contributed by atoms with Crippen LogP contribution in [0.25, 0.3) is 11.3 Å². The molecule has 32 heavy (non-hydrogen) atoms. The van der Waals surface area contributed by atoms with Gasteiger partial charge in [0.25, 0.3) is 0 Å². The van der Waals surface area contributed by atoms with Crippen molar-refractivity contribution >= 4 is 23.4 Å². The zero-order valence-electron chi connectivity index (χ0n) is 19.3. The van der Waals surface area contributed by atoms with Gasteiger partial charge in [0.1, 0.15) is 5.82 Å². The molecule has 7 nitrogen and oxygen atoms in total. The fraction of sp³-hybridized carbons (Fsp3) is 0.625. The van der Waals surface area contributed by atoms with Crippen LogP contribution in [0.15, 0.2) is 24.5 Å². The number of nitrogens with zero attached hydrogens (tertiary/aromatic N) is 3. The largest absolute Gasteiger partial charge is 0.383 e. The number of ether oxygens (including phenoxy) is 1. The monoisotopic (exact) mass is 458 g/mol. The standard InChI is InChI=1S/C24H35ClN6O/c1-16(14-32-3)29-17-4-6-18(7-5-17)30-22-12-19(20(25)13-27-22)21-8-11-26-23(31-21)28-15-24(2)9-10-24/h8,11-13,16-18,29H,4-7,9-10,14-15H2,1-3H3,(H,27,30)(H,26,28,31). The summed E-state index contributed by atoms with van der Waals surface area (Å²) in [6.45, 7) is 6.10. The topological polar surface area (TPSA) is 84.0 Å². The summed E-state index contributed by atoms with van der Waals surface area (Å²) < 4.78 is 5.23. The zero-order chi connectivity index (χ0) is 22.6. The summed E-state index contributed by atoms with van der Waals surface area (Å²) in [5.41, 5.74) is 2.07. The van der Waals surface area contributed by atoms with E-state index in [4.69, 9.17) is 21.3 Å². The lowest BCUT2D eigenvalue weighted by Crippen LogP contribution is -2.42. The average molecular weight is 459 g/mol. The second-order valence-corrected chi connectivity index (χ2v) is 10.1. The van der Waals surface area contributed by atoms with Crippen LogP contribution in [0.2, 0.25) is 5.02 Å². The third-order valence-electron chi connectivity index (χ3n) is 6.58. The molecule has 0 radical (unpaired) electrons. The molecule has 4 rings (SSSR count). The Hall–Kier alpha value is -1.96. The quantitative estimate of drug-likeness (QED) is 0.473. The molecule has 174 valence electrons. The molecule has 0 bridgehead atoms. The number of methoxy groups -OCH3 is 1. The van der Waals surface area contributed by atoms with E-state index in [0.717, 1.165) is 55.9 Å². The Labute approximate surface area is 196 Å². The fourth-order valence-corrected chi connectivity index (χ4v) is 4.50. The molecule has 0 spiro atoms. The average Bonchev–Trinajstić information content (AvgIpc) is 3.53. The van der Waals surface area contributed by atoms with Gasteiger partial charge in [-0.15, -0.1) is 0 Å². The van der Waals surface area contributed by atoms with Gasteiger partial charge in [0.2, 0.25) is 5.95 Å². The van der Waals surface area contributed by atoms with Gasteiger partial charge in [0, 0.05) is 49.7 Å². The number of pyridine rings is 1. The maximum absolute atomic E-state index is 6.49. The van der Waals surface area contributed by atoms with Gasteiger partial charge in [-0.1, -0.05) is 18.5 Å². The van der Waals surface area contributed by atoms with Crippen LogP contribution in [0.3, 0.4) is 0 Å². The molecule has 2 aromatic heterocycles. The Morgan fingerprint density at radius 1 is 1.19 bits per heavy atom. The van der Waals surface area contributed by atoms with E-state index in [1.165, 1.54) is 12.8 Å². The molecule has 1 atom stereocenters. The van der Waals surface area contributed by atoms with Crippen molar-refractivity contribution in [3.05, 3.63) is 29.5 Å². The number of anilines is 2. The molecule has 2 aromatic rings. The third kappa shape index (κ3) is 6.30. The second kappa shape index (κ2) is 10.3. The molecule has 2 saturated carbocycles. The molecule has 2 fully saturated rings. The van der Waals surface area contributed by atoms with Crippen molar-refractivity contribution < 1.29 is 4.74 Å². The fourth-order valence-electron chi connectivity index (χ4n) is 4.30. The van der Waals surface area contributed by atoms with E-state index in [0.29, 0.717) is 34.5 Å². The van der Waals surface area contributed by atoms with E-state index in [1.807, 2.05) is 12.1 Å². The van der Waals surface area contributed by atoms with Crippen LogP contribution in [-0.2, 0) is 4.74 Å². The van der Waals surface area contributed by atoms with Gasteiger partial charge >= 0.3 is 0 Å². The molecule has 0 aliphatic heterocycles. The Bertz CT molecular complexity index is 898. The van der Waals surface area contributed by atoms with Crippen LogP contribution in [0, 0.1) is 5.41 Å². The van der Waals surface area contributed by atoms with Crippen molar-refractivity contribution in [2.75, 3.05) is 30.9 Å². The summed E-state index contributed by atoms with van der Waals surface area (Å²) >= 11 is 6.49. The van der Waals surface area contributed by atoms with Crippen LogP contribution in [0.1, 0.15) is 52.4 Å². The minimum atomic E-state index is 0.384. The summed E-state index contributed by atoms with van der Waals surface area (Å²) in [4.78, 5) is 13.6. The molecule has 3 N–H and O–H groups in total. The summed E-state index contributed by atoms with van der Waals surface area (Å²) in [6, 6.07) is 5.25. The van der Waals surface area contributed by atoms with Crippen molar-refractivity contribution in [1.82, 2.24) is 20.3 Å². The number of halogens is 1. The maximum Gasteiger partial charge on any atom is 0.223 e. The first-order valence-corrected chi connectivity index (χ1v) is 12.1. The van der Waals surface area contributed by atoms with E-state index < -0.39 is 0 Å². The Kier molecular flexibility index (Phi) is 7.48. The summed E-state index contributed by atoms with van der Waals surface area (Å²) in [5, 5.41) is 11.2. The lowest BCUT2D eigenvalue weighted by atomic mass is 9.90. The lowest BCUT2D eigenvalue weighted by Gasteiger charge is -2.31. The van der Waals surface area contributed by atoms with E-state index in [2.05, 4.69) is 39.8 Å². The molecule has 0 aromatic carbocycles. The highest BCUT2D eigenvalue weighted by molar-refractivity contribution is 6.33. The van der Waals surface area contributed by atoms with Gasteiger partial charge in [-0.25, -0.2) is 15.0 Å². The van der Waals surface area contributed by atoms with Gasteiger partial charge in [-0.2, -0.15) is 0 Å². The van der Waals surface area contributed by atoms with Crippen LogP contribution in [-0.4, -0.2) is 53.3 Å². The van der Waals surface area contributed by atoms with Crippen LogP contribution in [0.4, 0.5) is 11.8 Å². The third-order valence-corrected chi connectivity index (χ3v) is 6.88. The SMILES string of the molecule is COCC(C)NC1CCC(Nc2cc(-c3ccnc(NCC4(C)CC4)n3)c(Cl)cn2)CC1. The van der Waals surface area contributed by atoms with Crippen molar-refractivity contribution in [3.8, 4) is 11.3 Å². The molecule has 8 heteroatoms.